The molecule has 0 aromatic carbocycles. The van der Waals surface area contributed by atoms with E-state index in [0.717, 1.165) is 5.01 Å². The smallest absolute Gasteiger partial charge is 0.324 e. The number of aliphatic hydroxyl groups is 1. The van der Waals surface area contributed by atoms with Crippen molar-refractivity contribution in [1.29, 1.82) is 0 Å². The van der Waals surface area contributed by atoms with Crippen LogP contribution in [0.4, 0.5) is 9.93 Å². The molecule has 0 aliphatic carbocycles. The lowest BCUT2D eigenvalue weighted by Gasteiger charge is -2.19. The normalized spacial score (nSPS) is 11.2. The molecule has 0 unspecified atom stereocenters. The molecule has 1 aromatic heterocycles. The first-order valence-electron chi connectivity index (χ1n) is 6.00. The molecule has 19 heavy (non-hydrogen) atoms. The van der Waals surface area contributed by atoms with Gasteiger partial charge in [0.2, 0.25) is 5.13 Å². The summed E-state index contributed by atoms with van der Waals surface area (Å²) in [5.74, 6) is 0. The fraction of sp³-hybridized carbons (Fsp3) is 0.583. The number of aromatic nitrogens is 2. The van der Waals surface area contributed by atoms with Gasteiger partial charge in [0.05, 0.1) is 6.61 Å². The fourth-order valence-electron chi connectivity index (χ4n) is 1.30. The zero-order chi connectivity index (χ0) is 14.5. The largest absolute Gasteiger partial charge is 0.395 e. The highest BCUT2D eigenvalue weighted by molar-refractivity contribution is 7.15. The maximum atomic E-state index is 11.9. The Morgan fingerprint density at radius 1 is 1.53 bits per heavy atom. The van der Waals surface area contributed by atoms with Crippen LogP contribution in [0.2, 0.25) is 0 Å². The van der Waals surface area contributed by atoms with E-state index < -0.39 is 0 Å². The molecule has 0 aliphatic heterocycles. The summed E-state index contributed by atoms with van der Waals surface area (Å²) in [6, 6.07) is -0.314. The van der Waals surface area contributed by atoms with Crippen molar-refractivity contribution < 1.29 is 9.90 Å². The second-order valence-corrected chi connectivity index (χ2v) is 6.03. The Morgan fingerprint density at radius 2 is 2.21 bits per heavy atom. The van der Waals surface area contributed by atoms with Gasteiger partial charge in [-0.15, -0.1) is 16.8 Å². The molecule has 2 amide bonds. The third-order valence-electron chi connectivity index (χ3n) is 2.29. The highest BCUT2D eigenvalue weighted by Gasteiger charge is 2.21. The SMILES string of the molecule is C=CCN(CCO)C(=O)Nc1nnc(C(C)(C)C)s1. The summed E-state index contributed by atoms with van der Waals surface area (Å²) in [7, 11) is 0. The number of anilines is 1. The Kier molecular flexibility index (Phi) is 5.44. The van der Waals surface area contributed by atoms with Gasteiger partial charge in [0.25, 0.3) is 0 Å². The molecule has 0 saturated heterocycles. The van der Waals surface area contributed by atoms with Crippen LogP contribution in [0.25, 0.3) is 0 Å². The summed E-state index contributed by atoms with van der Waals surface area (Å²) in [6.07, 6.45) is 1.61. The molecule has 0 atom stereocenters. The Hall–Kier alpha value is -1.47. The summed E-state index contributed by atoms with van der Waals surface area (Å²) in [6.45, 7) is 10.2. The van der Waals surface area contributed by atoms with Gasteiger partial charge in [-0.2, -0.15) is 0 Å². The van der Waals surface area contributed by atoms with Crippen molar-refractivity contribution in [3.63, 3.8) is 0 Å². The average Bonchev–Trinajstić information content (AvgIpc) is 2.77. The Balaban J connectivity index is 2.70. The third kappa shape index (κ3) is 4.60. The van der Waals surface area contributed by atoms with E-state index in [0.29, 0.717) is 11.7 Å². The van der Waals surface area contributed by atoms with E-state index in [1.165, 1.54) is 16.2 Å². The molecule has 1 rings (SSSR count). The second kappa shape index (κ2) is 6.63. The molecule has 0 bridgehead atoms. The quantitative estimate of drug-likeness (QED) is 0.809. The molecule has 1 heterocycles. The van der Waals surface area contributed by atoms with Gasteiger partial charge >= 0.3 is 6.03 Å². The van der Waals surface area contributed by atoms with Gasteiger partial charge in [-0.05, 0) is 0 Å². The van der Waals surface area contributed by atoms with Crippen LogP contribution in [-0.4, -0.2) is 45.9 Å². The number of urea groups is 1. The van der Waals surface area contributed by atoms with Gasteiger partial charge < -0.3 is 10.0 Å². The van der Waals surface area contributed by atoms with Crippen molar-refractivity contribution in [2.75, 3.05) is 25.0 Å². The Labute approximate surface area is 117 Å². The van der Waals surface area contributed by atoms with Crippen LogP contribution in [0.15, 0.2) is 12.7 Å². The van der Waals surface area contributed by atoms with E-state index in [1.807, 2.05) is 20.8 Å². The van der Waals surface area contributed by atoms with Crippen LogP contribution in [0.5, 0.6) is 0 Å². The minimum atomic E-state index is -0.314. The lowest BCUT2D eigenvalue weighted by molar-refractivity contribution is 0.195. The minimum absolute atomic E-state index is 0.0907. The van der Waals surface area contributed by atoms with E-state index in [2.05, 4.69) is 22.1 Å². The van der Waals surface area contributed by atoms with Gasteiger partial charge in [-0.25, -0.2) is 4.79 Å². The van der Waals surface area contributed by atoms with Crippen LogP contribution >= 0.6 is 11.3 Å². The van der Waals surface area contributed by atoms with Crippen LogP contribution in [-0.2, 0) is 5.41 Å². The zero-order valence-corrected chi connectivity index (χ0v) is 12.3. The number of rotatable bonds is 5. The first kappa shape index (κ1) is 15.6. The maximum Gasteiger partial charge on any atom is 0.324 e. The van der Waals surface area contributed by atoms with E-state index in [9.17, 15) is 4.79 Å². The van der Waals surface area contributed by atoms with Crippen molar-refractivity contribution in [3.8, 4) is 0 Å². The molecule has 0 spiro atoms. The molecule has 0 aliphatic rings. The molecule has 0 radical (unpaired) electrons. The van der Waals surface area contributed by atoms with E-state index in [-0.39, 0.29) is 24.6 Å². The lowest BCUT2D eigenvalue weighted by Crippen LogP contribution is -2.37. The highest BCUT2D eigenvalue weighted by atomic mass is 32.1. The Bertz CT molecular complexity index is 439. The molecule has 0 saturated carbocycles. The maximum absolute atomic E-state index is 11.9. The summed E-state index contributed by atoms with van der Waals surface area (Å²) < 4.78 is 0. The van der Waals surface area contributed by atoms with Crippen LogP contribution in [0.1, 0.15) is 25.8 Å². The number of nitrogens with one attached hydrogen (secondary N) is 1. The third-order valence-corrected chi connectivity index (χ3v) is 3.55. The molecule has 0 fully saturated rings. The van der Waals surface area contributed by atoms with Crippen molar-refractivity contribution in [2.45, 2.75) is 26.2 Å². The van der Waals surface area contributed by atoms with Crippen molar-refractivity contribution >= 4 is 22.5 Å². The topological polar surface area (TPSA) is 78.4 Å². The zero-order valence-electron chi connectivity index (χ0n) is 11.5. The lowest BCUT2D eigenvalue weighted by atomic mass is 9.98. The number of hydrogen-bond donors (Lipinski definition) is 2. The molecule has 1 aromatic rings. The van der Waals surface area contributed by atoms with Gasteiger partial charge in [-0.3, -0.25) is 5.32 Å². The number of nitrogens with zero attached hydrogens (tertiary/aromatic N) is 3. The number of amides is 2. The monoisotopic (exact) mass is 284 g/mol. The predicted molar refractivity (Wildman–Crippen MR) is 76.5 cm³/mol. The second-order valence-electron chi connectivity index (χ2n) is 5.05. The number of carbonyl (C=O) groups excluding carboxylic acids is 1. The predicted octanol–water partition coefficient (Wildman–Crippen LogP) is 1.85. The number of hydrogen-bond acceptors (Lipinski definition) is 5. The van der Waals surface area contributed by atoms with Crippen molar-refractivity contribution in [1.82, 2.24) is 15.1 Å². The first-order chi connectivity index (χ1) is 8.88. The van der Waals surface area contributed by atoms with Crippen LogP contribution in [0, 0.1) is 0 Å². The minimum Gasteiger partial charge on any atom is -0.395 e. The van der Waals surface area contributed by atoms with Gasteiger partial charge in [0, 0.05) is 18.5 Å². The van der Waals surface area contributed by atoms with Gasteiger partial charge in [0.15, 0.2) is 0 Å². The van der Waals surface area contributed by atoms with Crippen LogP contribution < -0.4 is 5.32 Å². The summed E-state index contributed by atoms with van der Waals surface area (Å²) in [5, 5.41) is 20.9. The van der Waals surface area contributed by atoms with Gasteiger partial charge in [-0.1, -0.05) is 38.2 Å². The van der Waals surface area contributed by atoms with Crippen LogP contribution in [0.3, 0.4) is 0 Å². The van der Waals surface area contributed by atoms with E-state index in [1.54, 1.807) is 6.08 Å². The number of carbonyl (C=O) groups is 1. The van der Waals surface area contributed by atoms with Crippen molar-refractivity contribution in [2.24, 2.45) is 0 Å². The van der Waals surface area contributed by atoms with E-state index >= 15 is 0 Å². The molecule has 106 valence electrons. The average molecular weight is 284 g/mol. The molecule has 6 nitrogen and oxygen atoms in total. The first-order valence-corrected chi connectivity index (χ1v) is 6.81. The molecule has 2 N–H and O–H groups in total. The molecule has 7 heteroatoms. The molecular weight excluding hydrogens is 264 g/mol. The molecular formula is C12H20N4O2S. The summed E-state index contributed by atoms with van der Waals surface area (Å²) in [4.78, 5) is 13.4. The summed E-state index contributed by atoms with van der Waals surface area (Å²) >= 11 is 1.35. The van der Waals surface area contributed by atoms with E-state index in [4.69, 9.17) is 5.11 Å². The summed E-state index contributed by atoms with van der Waals surface area (Å²) in [5.41, 5.74) is -0.0907. The van der Waals surface area contributed by atoms with Gasteiger partial charge in [0.1, 0.15) is 5.01 Å². The fourth-order valence-corrected chi connectivity index (χ4v) is 2.09. The Morgan fingerprint density at radius 3 is 2.68 bits per heavy atom. The highest BCUT2D eigenvalue weighted by Crippen LogP contribution is 2.27. The van der Waals surface area contributed by atoms with Crippen molar-refractivity contribution in [3.05, 3.63) is 17.7 Å². The standard InChI is InChI=1S/C12H20N4O2S/c1-5-6-16(7-8-17)11(18)13-10-15-14-9(19-10)12(2,3)4/h5,17H,1,6-8H2,2-4H3,(H,13,15,18). The number of aliphatic hydroxyl groups excluding tert-OH is 1.